The molecule has 4 aromatic carbocycles. The Labute approximate surface area is 204 Å². The van der Waals surface area contributed by atoms with E-state index in [2.05, 4.69) is 53.5 Å². The summed E-state index contributed by atoms with van der Waals surface area (Å²) in [4.78, 5) is 0. The van der Waals surface area contributed by atoms with Gasteiger partial charge in [0.15, 0.2) is 0 Å². The summed E-state index contributed by atoms with van der Waals surface area (Å²) in [6.07, 6.45) is 0.551. The highest BCUT2D eigenvalue weighted by Crippen LogP contribution is 2.47. The summed E-state index contributed by atoms with van der Waals surface area (Å²) >= 11 is 5.97. The highest BCUT2D eigenvalue weighted by atomic mass is 35.5. The average Bonchev–Trinajstić information content (AvgIpc) is 3.35. The molecule has 6 rings (SSSR count). The van der Waals surface area contributed by atoms with Gasteiger partial charge in [-0.2, -0.15) is 5.10 Å². The van der Waals surface area contributed by atoms with E-state index in [0.717, 1.165) is 45.3 Å². The molecule has 0 aliphatic carbocycles. The molecule has 168 valence electrons. The van der Waals surface area contributed by atoms with Gasteiger partial charge in [0.2, 0.25) is 6.23 Å². The van der Waals surface area contributed by atoms with Crippen molar-refractivity contribution < 1.29 is 9.47 Å². The van der Waals surface area contributed by atoms with Gasteiger partial charge in [-0.05, 0) is 53.6 Å². The summed E-state index contributed by atoms with van der Waals surface area (Å²) in [7, 11) is 0. The second kappa shape index (κ2) is 8.88. The zero-order chi connectivity index (χ0) is 22.9. The first-order valence-corrected chi connectivity index (χ1v) is 11.8. The molecule has 4 aromatic rings. The number of fused-ring (bicyclic) bond motifs is 3. The highest BCUT2D eigenvalue weighted by molar-refractivity contribution is 6.30. The molecule has 2 heterocycles. The van der Waals surface area contributed by atoms with Gasteiger partial charge in [0, 0.05) is 22.6 Å². The summed E-state index contributed by atoms with van der Waals surface area (Å²) in [6, 6.07) is 34.6. The normalized spacial score (nSPS) is 18.5. The van der Waals surface area contributed by atoms with Crippen LogP contribution in [0.2, 0.25) is 5.02 Å². The third-order valence-corrected chi connectivity index (χ3v) is 6.54. The van der Waals surface area contributed by atoms with Crippen molar-refractivity contribution >= 4 is 17.3 Å². The molecule has 2 aliphatic heterocycles. The van der Waals surface area contributed by atoms with Gasteiger partial charge in [-0.3, -0.25) is 0 Å². The summed E-state index contributed by atoms with van der Waals surface area (Å²) in [6.45, 7) is 0.489. The van der Waals surface area contributed by atoms with Crippen LogP contribution in [0.4, 0.5) is 0 Å². The van der Waals surface area contributed by atoms with Crippen LogP contribution in [0.15, 0.2) is 108 Å². The molecule has 2 aliphatic rings. The van der Waals surface area contributed by atoms with Gasteiger partial charge in [-0.1, -0.05) is 72.3 Å². The van der Waals surface area contributed by atoms with Gasteiger partial charge in [0.25, 0.3) is 0 Å². The fraction of sp³-hybridized carbons (Fsp3) is 0.138. The number of halogens is 1. The van der Waals surface area contributed by atoms with Crippen LogP contribution in [0, 0.1) is 0 Å². The van der Waals surface area contributed by atoms with E-state index in [0.29, 0.717) is 6.61 Å². The largest absolute Gasteiger partial charge is 0.489 e. The van der Waals surface area contributed by atoms with Crippen molar-refractivity contribution in [2.24, 2.45) is 5.10 Å². The Bertz CT molecular complexity index is 1320. The van der Waals surface area contributed by atoms with Crippen LogP contribution < -0.4 is 9.47 Å². The van der Waals surface area contributed by atoms with Crippen LogP contribution >= 0.6 is 11.6 Å². The van der Waals surface area contributed by atoms with Crippen LogP contribution in [0.25, 0.3) is 0 Å². The van der Waals surface area contributed by atoms with Crippen molar-refractivity contribution in [3.8, 4) is 11.5 Å². The van der Waals surface area contributed by atoms with Crippen molar-refractivity contribution in [1.29, 1.82) is 0 Å². The molecule has 0 spiro atoms. The van der Waals surface area contributed by atoms with Crippen LogP contribution in [0.5, 0.6) is 11.5 Å². The third-order valence-electron chi connectivity index (χ3n) is 6.29. The first kappa shape index (κ1) is 20.8. The summed E-state index contributed by atoms with van der Waals surface area (Å²) in [5, 5.41) is 7.85. The predicted octanol–water partition coefficient (Wildman–Crippen LogP) is 7.16. The van der Waals surface area contributed by atoms with Gasteiger partial charge in [-0.25, -0.2) is 5.01 Å². The van der Waals surface area contributed by atoms with Gasteiger partial charge < -0.3 is 9.47 Å². The molecular weight excluding hydrogens is 444 g/mol. The lowest BCUT2D eigenvalue weighted by Gasteiger charge is -2.38. The maximum Gasteiger partial charge on any atom is 0.213 e. The fourth-order valence-corrected chi connectivity index (χ4v) is 4.66. The van der Waals surface area contributed by atoms with Crippen LogP contribution in [-0.2, 0) is 6.61 Å². The van der Waals surface area contributed by atoms with Crippen molar-refractivity contribution in [1.82, 2.24) is 5.01 Å². The van der Waals surface area contributed by atoms with E-state index >= 15 is 0 Å². The molecule has 2 atom stereocenters. The third kappa shape index (κ3) is 4.02. The smallest absolute Gasteiger partial charge is 0.213 e. The minimum atomic E-state index is -0.300. The zero-order valence-corrected chi connectivity index (χ0v) is 19.2. The Morgan fingerprint density at radius 1 is 0.853 bits per heavy atom. The predicted molar refractivity (Wildman–Crippen MR) is 134 cm³/mol. The monoisotopic (exact) mass is 466 g/mol. The van der Waals surface area contributed by atoms with E-state index in [-0.39, 0.29) is 12.3 Å². The number of para-hydroxylation sites is 1. The molecule has 0 saturated heterocycles. The first-order valence-electron chi connectivity index (χ1n) is 11.4. The molecular formula is C29H23ClN2O2. The average molecular weight is 467 g/mol. The quantitative estimate of drug-likeness (QED) is 0.313. The van der Waals surface area contributed by atoms with Crippen molar-refractivity contribution in [3.63, 3.8) is 0 Å². The lowest BCUT2D eigenvalue weighted by Crippen LogP contribution is -2.33. The van der Waals surface area contributed by atoms with Gasteiger partial charge in [-0.15, -0.1) is 0 Å². The van der Waals surface area contributed by atoms with Crippen LogP contribution in [0.1, 0.15) is 40.9 Å². The second-order valence-corrected chi connectivity index (χ2v) is 8.94. The maximum absolute atomic E-state index is 6.46. The number of hydrogen-bond donors (Lipinski definition) is 0. The number of rotatable bonds is 5. The topological polar surface area (TPSA) is 34.1 Å². The Morgan fingerprint density at radius 3 is 2.38 bits per heavy atom. The van der Waals surface area contributed by atoms with Crippen molar-refractivity contribution in [2.45, 2.75) is 25.3 Å². The van der Waals surface area contributed by atoms with E-state index in [9.17, 15) is 0 Å². The van der Waals surface area contributed by atoms with Gasteiger partial charge in [0.05, 0.1) is 11.8 Å². The minimum Gasteiger partial charge on any atom is -0.489 e. The van der Waals surface area contributed by atoms with Crippen molar-refractivity contribution in [2.75, 3.05) is 0 Å². The summed E-state index contributed by atoms with van der Waals surface area (Å²) in [5.41, 5.74) is 5.52. The standard InChI is InChI=1S/C29H23ClN2O2/c30-23-14-10-20(11-15-23)19-33-24-16-12-22(13-17-24)29-32-27(25-8-4-5-9-28(25)34-29)18-26(31-32)21-6-2-1-3-7-21/h1-17,27,29H,18-19H2/t27-,29-/m1/s1. The number of ether oxygens (including phenoxy) is 2. The van der Waals surface area contributed by atoms with E-state index < -0.39 is 0 Å². The maximum atomic E-state index is 6.46. The van der Waals surface area contributed by atoms with Gasteiger partial charge in [0.1, 0.15) is 18.1 Å². The lowest BCUT2D eigenvalue weighted by atomic mass is 9.96. The van der Waals surface area contributed by atoms with E-state index in [1.807, 2.05) is 54.6 Å². The SMILES string of the molecule is Clc1ccc(COc2ccc([C@H]3Oc4ccccc4[C@H]4CC(c5ccccc5)=NN43)cc2)cc1. The molecule has 0 amide bonds. The number of hydrogen-bond acceptors (Lipinski definition) is 4. The molecule has 0 saturated carbocycles. The Morgan fingerprint density at radius 2 is 1.59 bits per heavy atom. The summed E-state index contributed by atoms with van der Waals surface area (Å²) in [5.74, 6) is 1.72. The molecule has 0 fully saturated rings. The number of nitrogens with zero attached hydrogens (tertiary/aromatic N) is 2. The zero-order valence-electron chi connectivity index (χ0n) is 18.5. The summed E-state index contributed by atoms with van der Waals surface area (Å²) < 4.78 is 12.4. The Kier molecular flexibility index (Phi) is 5.44. The molecule has 0 bridgehead atoms. The molecule has 5 heteroatoms. The number of hydrazone groups is 1. The van der Waals surface area contributed by atoms with E-state index in [1.54, 1.807) is 0 Å². The minimum absolute atomic E-state index is 0.144. The van der Waals surface area contributed by atoms with Gasteiger partial charge >= 0.3 is 0 Å². The Balaban J connectivity index is 1.26. The molecule has 0 N–H and O–H groups in total. The molecule has 34 heavy (non-hydrogen) atoms. The lowest BCUT2D eigenvalue weighted by molar-refractivity contribution is -0.0190. The molecule has 0 radical (unpaired) electrons. The molecule has 0 aromatic heterocycles. The van der Waals surface area contributed by atoms with E-state index in [1.165, 1.54) is 5.56 Å². The second-order valence-electron chi connectivity index (χ2n) is 8.50. The number of benzene rings is 4. The van der Waals surface area contributed by atoms with Crippen LogP contribution in [0.3, 0.4) is 0 Å². The molecule has 4 nitrogen and oxygen atoms in total. The van der Waals surface area contributed by atoms with Crippen molar-refractivity contribution in [3.05, 3.63) is 130 Å². The highest BCUT2D eigenvalue weighted by Gasteiger charge is 2.40. The van der Waals surface area contributed by atoms with Crippen LogP contribution in [-0.4, -0.2) is 10.7 Å². The Hall–Kier alpha value is -3.76. The first-order chi connectivity index (χ1) is 16.7. The fourth-order valence-electron chi connectivity index (χ4n) is 4.54. The van der Waals surface area contributed by atoms with E-state index in [4.69, 9.17) is 26.2 Å². The molecule has 0 unspecified atom stereocenters.